The van der Waals surface area contributed by atoms with Crippen LogP contribution in [0.4, 0.5) is 23.2 Å². The quantitative estimate of drug-likeness (QED) is 0.584. The van der Waals surface area contributed by atoms with Crippen LogP contribution < -0.4 is 5.32 Å². The van der Waals surface area contributed by atoms with Crippen molar-refractivity contribution in [3.63, 3.8) is 0 Å². The highest BCUT2D eigenvalue weighted by atomic mass is 32.2. The first-order chi connectivity index (χ1) is 12.5. The summed E-state index contributed by atoms with van der Waals surface area (Å²) in [5, 5.41) is 20.7. The molecule has 0 saturated heterocycles. The number of benzene rings is 2. The molecule has 0 heterocycles. The molecule has 9 heteroatoms. The van der Waals surface area contributed by atoms with Crippen molar-refractivity contribution >= 4 is 23.4 Å². The Kier molecular flexibility index (Phi) is 6.13. The Labute approximate surface area is 156 Å². The van der Waals surface area contributed by atoms with E-state index in [4.69, 9.17) is 0 Å². The average molecular weight is 398 g/mol. The zero-order valence-electron chi connectivity index (χ0n) is 13.9. The number of rotatable bonds is 5. The second-order valence-corrected chi connectivity index (χ2v) is 6.94. The van der Waals surface area contributed by atoms with Crippen LogP contribution >= 0.6 is 11.8 Å². The van der Waals surface area contributed by atoms with Crippen LogP contribution in [-0.2, 0) is 11.0 Å². The van der Waals surface area contributed by atoms with Gasteiger partial charge in [-0.05, 0) is 49.4 Å². The summed E-state index contributed by atoms with van der Waals surface area (Å²) in [6.07, 6.45) is -4.59. The van der Waals surface area contributed by atoms with Crippen molar-refractivity contribution in [2.45, 2.75) is 28.8 Å². The first-order valence-electron chi connectivity index (χ1n) is 7.57. The number of amides is 1. The molecule has 0 aromatic heterocycles. The summed E-state index contributed by atoms with van der Waals surface area (Å²) in [5.41, 5.74) is -3.35. The number of anilines is 1. The lowest BCUT2D eigenvalue weighted by Gasteiger charge is -2.26. The molecule has 0 aliphatic carbocycles. The van der Waals surface area contributed by atoms with E-state index in [0.29, 0.717) is 4.90 Å². The van der Waals surface area contributed by atoms with Crippen LogP contribution in [0.2, 0.25) is 0 Å². The maximum Gasteiger partial charge on any atom is 0.416 e. The standard InChI is InChI=1S/C18H14F4N2O2S/c1-17(26,15(10-23)27-14-7-5-12(19)6-8-14)16(25)24-13-4-2-3-11(9-13)18(20,21)22/h2-9,15,26H,1H3,(H,24,25). The molecule has 27 heavy (non-hydrogen) atoms. The first kappa shape index (κ1) is 20.7. The van der Waals surface area contributed by atoms with E-state index >= 15 is 0 Å². The number of alkyl halides is 3. The molecule has 0 aliphatic heterocycles. The fourth-order valence-electron chi connectivity index (χ4n) is 2.07. The summed E-state index contributed by atoms with van der Waals surface area (Å²) >= 11 is 0.832. The second-order valence-electron chi connectivity index (χ2n) is 5.76. The molecule has 2 rings (SSSR count). The van der Waals surface area contributed by atoms with Crippen molar-refractivity contribution in [1.82, 2.24) is 0 Å². The number of nitrogens with one attached hydrogen (secondary N) is 1. The van der Waals surface area contributed by atoms with Crippen molar-refractivity contribution in [2.75, 3.05) is 5.32 Å². The van der Waals surface area contributed by atoms with Gasteiger partial charge in [-0.1, -0.05) is 6.07 Å². The van der Waals surface area contributed by atoms with Gasteiger partial charge < -0.3 is 10.4 Å². The number of thioether (sulfide) groups is 1. The first-order valence-corrected chi connectivity index (χ1v) is 8.45. The lowest BCUT2D eigenvalue weighted by Crippen LogP contribution is -2.48. The number of halogens is 4. The van der Waals surface area contributed by atoms with Gasteiger partial charge in [-0.15, -0.1) is 11.8 Å². The molecular weight excluding hydrogens is 384 g/mol. The second kappa shape index (κ2) is 7.98. The monoisotopic (exact) mass is 398 g/mol. The molecule has 0 saturated carbocycles. The number of carbonyl (C=O) groups is 1. The predicted octanol–water partition coefficient (Wildman–Crippen LogP) is 4.22. The molecule has 2 unspecified atom stereocenters. The van der Waals surface area contributed by atoms with E-state index in [1.807, 2.05) is 0 Å². The number of hydrogen-bond acceptors (Lipinski definition) is 4. The van der Waals surface area contributed by atoms with Gasteiger partial charge in [0.25, 0.3) is 5.91 Å². The number of nitriles is 1. The van der Waals surface area contributed by atoms with Gasteiger partial charge in [0.05, 0.1) is 11.6 Å². The number of nitrogens with zero attached hydrogens (tertiary/aromatic N) is 1. The van der Waals surface area contributed by atoms with Crippen molar-refractivity contribution < 1.29 is 27.5 Å². The summed E-state index contributed by atoms with van der Waals surface area (Å²) in [7, 11) is 0. The van der Waals surface area contributed by atoms with Gasteiger partial charge in [0.15, 0.2) is 5.60 Å². The molecule has 1 amide bonds. The van der Waals surface area contributed by atoms with Crippen molar-refractivity contribution in [3.8, 4) is 6.07 Å². The normalized spacial score (nSPS) is 14.7. The van der Waals surface area contributed by atoms with E-state index in [0.717, 1.165) is 49.0 Å². The number of aliphatic hydroxyl groups is 1. The minimum absolute atomic E-state index is 0.168. The number of carbonyl (C=O) groups excluding carboxylic acids is 1. The van der Waals surface area contributed by atoms with E-state index in [-0.39, 0.29) is 5.69 Å². The molecule has 2 aromatic rings. The Bertz CT molecular complexity index is 861. The Morgan fingerprint density at radius 1 is 1.22 bits per heavy atom. The minimum atomic E-state index is -4.59. The molecule has 0 bridgehead atoms. The number of hydrogen-bond donors (Lipinski definition) is 2. The Hall–Kier alpha value is -2.57. The van der Waals surface area contributed by atoms with Crippen molar-refractivity contribution in [1.29, 1.82) is 5.26 Å². The lowest BCUT2D eigenvalue weighted by molar-refractivity contribution is -0.137. The van der Waals surface area contributed by atoms with E-state index in [2.05, 4.69) is 5.32 Å². The predicted molar refractivity (Wildman–Crippen MR) is 92.4 cm³/mol. The van der Waals surface area contributed by atoms with Crippen LogP contribution in [-0.4, -0.2) is 21.9 Å². The minimum Gasteiger partial charge on any atom is -0.378 e. The summed E-state index contributed by atoms with van der Waals surface area (Å²) in [6.45, 7) is 1.08. The molecule has 0 aliphatic rings. The molecule has 142 valence electrons. The average Bonchev–Trinajstić information content (AvgIpc) is 2.60. The largest absolute Gasteiger partial charge is 0.416 e. The molecule has 0 fully saturated rings. The van der Waals surface area contributed by atoms with Crippen LogP contribution in [0.15, 0.2) is 53.4 Å². The Balaban J connectivity index is 2.17. The molecule has 0 radical (unpaired) electrons. The van der Waals surface area contributed by atoms with Gasteiger partial charge in [0.1, 0.15) is 11.1 Å². The van der Waals surface area contributed by atoms with E-state index in [1.54, 1.807) is 6.07 Å². The van der Waals surface area contributed by atoms with Crippen LogP contribution in [0, 0.1) is 17.1 Å². The van der Waals surface area contributed by atoms with E-state index < -0.39 is 34.3 Å². The summed E-state index contributed by atoms with van der Waals surface area (Å²) < 4.78 is 51.2. The Morgan fingerprint density at radius 3 is 2.41 bits per heavy atom. The van der Waals surface area contributed by atoms with E-state index in [1.165, 1.54) is 18.2 Å². The zero-order valence-corrected chi connectivity index (χ0v) is 14.7. The van der Waals surface area contributed by atoms with Crippen molar-refractivity contribution in [2.24, 2.45) is 0 Å². The van der Waals surface area contributed by atoms with Crippen molar-refractivity contribution in [3.05, 3.63) is 59.9 Å². The van der Waals surface area contributed by atoms with Gasteiger partial charge in [0, 0.05) is 10.6 Å². The molecule has 2 atom stereocenters. The molecular formula is C18H14F4N2O2S. The third-order valence-corrected chi connectivity index (χ3v) is 4.95. The van der Waals surface area contributed by atoms with Gasteiger partial charge in [0.2, 0.25) is 0 Å². The van der Waals surface area contributed by atoms with E-state index in [9.17, 15) is 32.7 Å². The Morgan fingerprint density at radius 2 is 1.85 bits per heavy atom. The van der Waals surface area contributed by atoms with Crippen LogP contribution in [0.3, 0.4) is 0 Å². The molecule has 2 aromatic carbocycles. The third kappa shape index (κ3) is 5.21. The smallest absolute Gasteiger partial charge is 0.378 e. The lowest BCUT2D eigenvalue weighted by atomic mass is 10.0. The summed E-state index contributed by atoms with van der Waals surface area (Å²) in [5.74, 6) is -1.52. The van der Waals surface area contributed by atoms with Crippen LogP contribution in [0.1, 0.15) is 12.5 Å². The fraction of sp³-hybridized carbons (Fsp3) is 0.222. The van der Waals surface area contributed by atoms with Crippen LogP contribution in [0.25, 0.3) is 0 Å². The summed E-state index contributed by atoms with van der Waals surface area (Å²) in [4.78, 5) is 12.8. The molecule has 2 N–H and O–H groups in total. The van der Waals surface area contributed by atoms with Gasteiger partial charge in [-0.3, -0.25) is 4.79 Å². The SMILES string of the molecule is CC(O)(C(=O)Nc1cccc(C(F)(F)F)c1)C(C#N)Sc1ccc(F)cc1. The molecule has 0 spiro atoms. The maximum absolute atomic E-state index is 13.0. The topological polar surface area (TPSA) is 73.1 Å². The summed E-state index contributed by atoms with van der Waals surface area (Å²) in [6, 6.07) is 10.8. The fourth-order valence-corrected chi connectivity index (χ4v) is 3.02. The maximum atomic E-state index is 13.0. The zero-order chi connectivity index (χ0) is 20.2. The third-order valence-electron chi connectivity index (χ3n) is 3.60. The highest BCUT2D eigenvalue weighted by molar-refractivity contribution is 8.00. The highest BCUT2D eigenvalue weighted by Gasteiger charge is 2.41. The van der Waals surface area contributed by atoms with Gasteiger partial charge in [-0.2, -0.15) is 18.4 Å². The van der Waals surface area contributed by atoms with Gasteiger partial charge >= 0.3 is 6.18 Å². The van der Waals surface area contributed by atoms with Crippen LogP contribution in [0.5, 0.6) is 0 Å². The van der Waals surface area contributed by atoms with Gasteiger partial charge in [-0.25, -0.2) is 4.39 Å². The highest BCUT2D eigenvalue weighted by Crippen LogP contribution is 2.33. The molecule has 4 nitrogen and oxygen atoms in total.